The van der Waals surface area contributed by atoms with E-state index in [2.05, 4.69) is 0 Å². The minimum atomic E-state index is 0.818. The summed E-state index contributed by atoms with van der Waals surface area (Å²) in [6, 6.07) is 0. The highest BCUT2D eigenvalue weighted by molar-refractivity contribution is 5.23. The number of rotatable bonds is 3. The molecule has 0 rings (SSSR count). The maximum absolute atomic E-state index is 5.51. The molecule has 0 saturated carbocycles. The van der Waals surface area contributed by atoms with Crippen LogP contribution in [0.4, 0.5) is 0 Å². The standard InChI is InChI=1S/C10H18N2/c1-5-6-10(12(3)4)8-7-9(2)11/h5-8H,11H2,1-4H3/b6-5-,9-7+,10-8+. The van der Waals surface area contributed by atoms with Gasteiger partial charge in [0, 0.05) is 25.5 Å². The Balaban J connectivity index is 4.50. The molecule has 2 heteroatoms. The van der Waals surface area contributed by atoms with E-state index in [1.807, 2.05) is 57.1 Å². The lowest BCUT2D eigenvalue weighted by Gasteiger charge is -2.12. The van der Waals surface area contributed by atoms with Crippen LogP contribution in [0.15, 0.2) is 35.7 Å². The summed E-state index contributed by atoms with van der Waals surface area (Å²) >= 11 is 0. The third-order valence-corrected chi connectivity index (χ3v) is 1.37. The molecule has 2 N–H and O–H groups in total. The average molecular weight is 166 g/mol. The number of hydrogen-bond acceptors (Lipinski definition) is 2. The molecule has 68 valence electrons. The molecule has 0 radical (unpaired) electrons. The van der Waals surface area contributed by atoms with E-state index < -0.39 is 0 Å². The summed E-state index contributed by atoms with van der Waals surface area (Å²) in [7, 11) is 4.01. The first-order chi connectivity index (χ1) is 5.57. The summed E-state index contributed by atoms with van der Waals surface area (Å²) in [5.41, 5.74) is 7.47. The van der Waals surface area contributed by atoms with Gasteiger partial charge in [0.05, 0.1) is 0 Å². The molecule has 12 heavy (non-hydrogen) atoms. The van der Waals surface area contributed by atoms with Gasteiger partial charge in [-0.25, -0.2) is 0 Å². The Bertz CT molecular complexity index is 206. The van der Waals surface area contributed by atoms with Crippen LogP contribution in [0.3, 0.4) is 0 Å². The van der Waals surface area contributed by atoms with E-state index in [9.17, 15) is 0 Å². The highest BCUT2D eigenvalue weighted by atomic mass is 15.1. The fourth-order valence-corrected chi connectivity index (χ4v) is 0.741. The summed E-state index contributed by atoms with van der Waals surface area (Å²) in [5, 5.41) is 0. The third-order valence-electron chi connectivity index (χ3n) is 1.37. The molecule has 0 aromatic carbocycles. The van der Waals surface area contributed by atoms with Gasteiger partial charge in [-0.2, -0.15) is 0 Å². The quantitative estimate of drug-likeness (QED) is 0.648. The molecule has 0 unspecified atom stereocenters. The first kappa shape index (κ1) is 10.8. The molecule has 0 aromatic heterocycles. The average Bonchev–Trinajstić information content (AvgIpc) is 1.96. The number of hydrogen-bond donors (Lipinski definition) is 1. The molecule has 2 nitrogen and oxygen atoms in total. The number of likely N-dealkylation sites (N-methyl/N-ethyl adjacent to an activating group) is 1. The Morgan fingerprint density at radius 2 is 1.83 bits per heavy atom. The molecule has 0 heterocycles. The van der Waals surface area contributed by atoms with Gasteiger partial charge in [0.25, 0.3) is 0 Å². The van der Waals surface area contributed by atoms with E-state index in [-0.39, 0.29) is 0 Å². The third kappa shape index (κ3) is 4.61. The van der Waals surface area contributed by atoms with Crippen molar-refractivity contribution in [2.45, 2.75) is 13.8 Å². The topological polar surface area (TPSA) is 29.3 Å². The molecule has 0 amide bonds. The van der Waals surface area contributed by atoms with Gasteiger partial charge in [0.2, 0.25) is 0 Å². The van der Waals surface area contributed by atoms with E-state index in [1.165, 1.54) is 0 Å². The highest BCUT2D eigenvalue weighted by Crippen LogP contribution is 2.01. The molecule has 0 spiro atoms. The fraction of sp³-hybridized carbons (Fsp3) is 0.400. The van der Waals surface area contributed by atoms with Crippen LogP contribution in [-0.4, -0.2) is 19.0 Å². The van der Waals surface area contributed by atoms with Crippen LogP contribution in [0.1, 0.15) is 13.8 Å². The van der Waals surface area contributed by atoms with Gasteiger partial charge in [-0.1, -0.05) is 6.08 Å². The van der Waals surface area contributed by atoms with Crippen LogP contribution in [-0.2, 0) is 0 Å². The molecule has 0 aromatic rings. The predicted octanol–water partition coefficient (Wildman–Crippen LogP) is 1.87. The van der Waals surface area contributed by atoms with E-state index in [0.29, 0.717) is 0 Å². The number of nitrogens with two attached hydrogens (primary N) is 1. The molecule has 0 aliphatic rings. The van der Waals surface area contributed by atoms with Gasteiger partial charge >= 0.3 is 0 Å². The van der Waals surface area contributed by atoms with Crippen LogP contribution >= 0.6 is 0 Å². The van der Waals surface area contributed by atoms with E-state index in [0.717, 1.165) is 11.4 Å². The summed E-state index contributed by atoms with van der Waals surface area (Å²) in [5.74, 6) is 0. The maximum Gasteiger partial charge on any atom is 0.0358 e. The molecular formula is C10H18N2. The van der Waals surface area contributed by atoms with Gasteiger partial charge < -0.3 is 10.6 Å². The second-order valence-electron chi connectivity index (χ2n) is 2.90. The molecule has 0 fully saturated rings. The zero-order chi connectivity index (χ0) is 9.56. The van der Waals surface area contributed by atoms with Crippen LogP contribution in [0.5, 0.6) is 0 Å². The normalized spacial score (nSPS) is 14.0. The lowest BCUT2D eigenvalue weighted by molar-refractivity contribution is 0.530. The van der Waals surface area contributed by atoms with Crippen LogP contribution in [0.25, 0.3) is 0 Å². The molecule has 0 saturated heterocycles. The first-order valence-electron chi connectivity index (χ1n) is 4.02. The summed E-state index contributed by atoms with van der Waals surface area (Å²) in [6.07, 6.45) is 7.94. The van der Waals surface area contributed by atoms with Crippen molar-refractivity contribution < 1.29 is 0 Å². The van der Waals surface area contributed by atoms with Gasteiger partial charge in [-0.15, -0.1) is 0 Å². The minimum absolute atomic E-state index is 0.818. The van der Waals surface area contributed by atoms with Gasteiger partial charge in [-0.3, -0.25) is 0 Å². The smallest absolute Gasteiger partial charge is 0.0358 e. The summed E-state index contributed by atoms with van der Waals surface area (Å²) in [4.78, 5) is 2.04. The zero-order valence-corrected chi connectivity index (χ0v) is 8.33. The summed E-state index contributed by atoms with van der Waals surface area (Å²) in [6.45, 7) is 3.87. The maximum atomic E-state index is 5.51. The molecular weight excluding hydrogens is 148 g/mol. The fourth-order valence-electron chi connectivity index (χ4n) is 0.741. The van der Waals surface area contributed by atoms with Crippen LogP contribution in [0.2, 0.25) is 0 Å². The van der Waals surface area contributed by atoms with E-state index in [1.54, 1.807) is 0 Å². The van der Waals surface area contributed by atoms with Crippen molar-refractivity contribution in [3.05, 3.63) is 35.7 Å². The van der Waals surface area contributed by atoms with Crippen molar-refractivity contribution in [3.8, 4) is 0 Å². The Kier molecular flexibility index (Phi) is 4.93. The Morgan fingerprint density at radius 3 is 2.17 bits per heavy atom. The predicted molar refractivity (Wildman–Crippen MR) is 54.5 cm³/mol. The van der Waals surface area contributed by atoms with Gasteiger partial charge in [0.1, 0.15) is 0 Å². The van der Waals surface area contributed by atoms with E-state index in [4.69, 9.17) is 5.73 Å². The zero-order valence-electron chi connectivity index (χ0n) is 8.33. The lowest BCUT2D eigenvalue weighted by Crippen LogP contribution is -2.08. The molecule has 0 bridgehead atoms. The summed E-state index contributed by atoms with van der Waals surface area (Å²) < 4.78 is 0. The minimum Gasteiger partial charge on any atom is -0.402 e. The highest BCUT2D eigenvalue weighted by Gasteiger charge is 1.90. The van der Waals surface area contributed by atoms with Crippen LogP contribution in [0, 0.1) is 0 Å². The van der Waals surface area contributed by atoms with Gasteiger partial charge in [-0.05, 0) is 32.1 Å². The van der Waals surface area contributed by atoms with Crippen molar-refractivity contribution in [3.63, 3.8) is 0 Å². The number of nitrogens with zero attached hydrogens (tertiary/aromatic N) is 1. The Morgan fingerprint density at radius 1 is 1.25 bits per heavy atom. The largest absolute Gasteiger partial charge is 0.402 e. The SMILES string of the molecule is C\C=C/C(=C\C=C(/C)N)N(C)C. The van der Waals surface area contributed by atoms with Crippen molar-refractivity contribution in [1.29, 1.82) is 0 Å². The van der Waals surface area contributed by atoms with Crippen molar-refractivity contribution in [2.24, 2.45) is 5.73 Å². The number of allylic oxidation sites excluding steroid dienone is 5. The second-order valence-corrected chi connectivity index (χ2v) is 2.90. The lowest BCUT2D eigenvalue weighted by atomic mass is 10.3. The molecule has 0 atom stereocenters. The Labute approximate surface area is 75.1 Å². The monoisotopic (exact) mass is 166 g/mol. The van der Waals surface area contributed by atoms with Crippen molar-refractivity contribution >= 4 is 0 Å². The van der Waals surface area contributed by atoms with Crippen molar-refractivity contribution in [2.75, 3.05) is 14.1 Å². The first-order valence-corrected chi connectivity index (χ1v) is 4.02. The van der Waals surface area contributed by atoms with Crippen molar-refractivity contribution in [1.82, 2.24) is 4.90 Å². The van der Waals surface area contributed by atoms with E-state index >= 15 is 0 Å². The molecule has 0 aliphatic heterocycles. The second kappa shape index (κ2) is 5.47. The van der Waals surface area contributed by atoms with Gasteiger partial charge in [0.15, 0.2) is 0 Å². The van der Waals surface area contributed by atoms with Crippen LogP contribution < -0.4 is 5.73 Å². The molecule has 0 aliphatic carbocycles. The Hall–Kier alpha value is -1.18.